The van der Waals surface area contributed by atoms with Crippen molar-refractivity contribution in [2.24, 2.45) is 0 Å². The highest BCUT2D eigenvalue weighted by molar-refractivity contribution is 7.10. The minimum atomic E-state index is -0.562. The van der Waals surface area contributed by atoms with Gasteiger partial charge in [0, 0.05) is 34.8 Å². The maximum Gasteiger partial charge on any atom is 0.229 e. The van der Waals surface area contributed by atoms with E-state index in [9.17, 15) is 9.18 Å². The van der Waals surface area contributed by atoms with E-state index >= 15 is 0 Å². The van der Waals surface area contributed by atoms with Gasteiger partial charge >= 0.3 is 0 Å². The first-order valence-electron chi connectivity index (χ1n) is 12.8. The lowest BCUT2D eigenvalue weighted by Gasteiger charge is -2.25. The number of fused-ring (bicyclic) bond motifs is 1. The van der Waals surface area contributed by atoms with E-state index in [0.29, 0.717) is 11.5 Å². The number of likely N-dealkylation sites (tertiary alicyclic amines) is 1. The van der Waals surface area contributed by atoms with E-state index in [-0.39, 0.29) is 18.0 Å². The molecule has 12 heteroatoms. The maximum atomic E-state index is 13.8. The van der Waals surface area contributed by atoms with Crippen LogP contribution in [0.2, 0.25) is 0 Å². The molecule has 2 N–H and O–H groups in total. The smallest absolute Gasteiger partial charge is 0.229 e. The number of hydrogen-bond donors (Lipinski definition) is 2. The Morgan fingerprint density at radius 1 is 1.18 bits per heavy atom. The average Bonchev–Trinajstić information content (AvgIpc) is 3.66. The van der Waals surface area contributed by atoms with Crippen LogP contribution < -0.4 is 10.6 Å². The van der Waals surface area contributed by atoms with Crippen LogP contribution in [0.25, 0.3) is 16.9 Å². The van der Waals surface area contributed by atoms with Gasteiger partial charge in [-0.2, -0.15) is 4.37 Å². The SMILES string of the molecule is Cc1cn2c(-c3csc(CC(=O)Nc4ccncc4F)c3)cnc2c(Nc2cc(CN3CCCCC3)ns2)n1. The molecule has 0 aliphatic carbocycles. The zero-order valence-corrected chi connectivity index (χ0v) is 23.0. The summed E-state index contributed by atoms with van der Waals surface area (Å²) in [5.74, 6) is -0.181. The van der Waals surface area contributed by atoms with Gasteiger partial charge in [0.2, 0.25) is 5.91 Å². The Bertz CT molecular complexity index is 1620. The summed E-state index contributed by atoms with van der Waals surface area (Å²) >= 11 is 2.91. The van der Waals surface area contributed by atoms with Crippen LogP contribution in [0.3, 0.4) is 0 Å². The van der Waals surface area contributed by atoms with E-state index in [4.69, 9.17) is 4.98 Å². The van der Waals surface area contributed by atoms with E-state index in [2.05, 4.69) is 35.9 Å². The molecule has 1 amide bonds. The van der Waals surface area contributed by atoms with Crippen molar-refractivity contribution in [3.05, 3.63) is 70.4 Å². The number of rotatable bonds is 8. The molecular weight excluding hydrogens is 535 g/mol. The number of halogens is 1. The number of anilines is 3. The van der Waals surface area contributed by atoms with Gasteiger partial charge in [0.1, 0.15) is 5.00 Å². The molecular formula is C27H27FN8OS2. The number of carbonyl (C=O) groups excluding carboxylic acids is 1. The minimum absolute atomic E-state index is 0.121. The molecule has 5 aromatic rings. The maximum absolute atomic E-state index is 13.8. The van der Waals surface area contributed by atoms with Crippen molar-refractivity contribution in [1.82, 2.24) is 28.6 Å². The van der Waals surface area contributed by atoms with Crippen LogP contribution >= 0.6 is 22.9 Å². The Morgan fingerprint density at radius 2 is 2.05 bits per heavy atom. The number of nitrogens with zero attached hydrogens (tertiary/aromatic N) is 6. The third-order valence-electron chi connectivity index (χ3n) is 6.58. The number of thiophene rings is 1. The molecule has 9 nitrogen and oxygen atoms in total. The Hall–Kier alpha value is -3.74. The number of hydrogen-bond acceptors (Lipinski definition) is 9. The third-order valence-corrected chi connectivity index (χ3v) is 8.26. The van der Waals surface area contributed by atoms with Gasteiger partial charge in [0.25, 0.3) is 0 Å². The quantitative estimate of drug-likeness (QED) is 0.251. The van der Waals surface area contributed by atoms with Gasteiger partial charge in [-0.25, -0.2) is 14.4 Å². The largest absolute Gasteiger partial charge is 0.328 e. The monoisotopic (exact) mass is 562 g/mol. The number of pyridine rings is 1. The lowest BCUT2D eigenvalue weighted by molar-refractivity contribution is -0.115. The molecule has 1 saturated heterocycles. The molecule has 200 valence electrons. The topological polar surface area (TPSA) is 100 Å². The molecule has 5 aromatic heterocycles. The molecule has 1 aliphatic rings. The average molecular weight is 563 g/mol. The molecule has 6 rings (SSSR count). The van der Waals surface area contributed by atoms with E-state index in [1.165, 1.54) is 54.4 Å². The summed E-state index contributed by atoms with van der Waals surface area (Å²) in [5, 5.41) is 8.96. The lowest BCUT2D eigenvalue weighted by atomic mass is 10.1. The van der Waals surface area contributed by atoms with Crippen LogP contribution in [0.1, 0.15) is 35.5 Å². The second-order valence-electron chi connectivity index (χ2n) is 9.59. The standard InChI is InChI=1S/C27H27FN8OS2/c1-17-14-36-23(18-9-20(38-16-18)11-24(37)32-22-5-6-29-12-21(22)28)13-30-27(36)26(31-17)33-25-10-19(34-39-25)15-35-7-3-2-4-8-35/h5-6,9-10,12-14,16H,2-4,7-8,11,15H2,1H3,(H,31,33)(H,29,32,37). The third kappa shape index (κ3) is 5.82. The van der Waals surface area contributed by atoms with Gasteiger partial charge in [-0.15, -0.1) is 11.3 Å². The van der Waals surface area contributed by atoms with Crippen LogP contribution in [0.5, 0.6) is 0 Å². The van der Waals surface area contributed by atoms with E-state index in [1.807, 2.05) is 35.2 Å². The van der Waals surface area contributed by atoms with Crippen LogP contribution in [0.4, 0.5) is 20.9 Å². The molecule has 0 bridgehead atoms. The summed E-state index contributed by atoms with van der Waals surface area (Å²) in [5.41, 5.74) is 4.59. The molecule has 1 fully saturated rings. The number of imidazole rings is 1. The zero-order valence-electron chi connectivity index (χ0n) is 21.4. The normalized spacial score (nSPS) is 14.1. The number of carbonyl (C=O) groups is 1. The number of aromatic nitrogens is 5. The van der Waals surface area contributed by atoms with Gasteiger partial charge in [-0.1, -0.05) is 6.42 Å². The Balaban J connectivity index is 1.18. The number of aryl methyl sites for hydroxylation is 1. The molecule has 6 heterocycles. The molecule has 0 unspecified atom stereocenters. The first-order chi connectivity index (χ1) is 19.0. The van der Waals surface area contributed by atoms with Crippen molar-refractivity contribution < 1.29 is 9.18 Å². The summed E-state index contributed by atoms with van der Waals surface area (Å²) in [7, 11) is 0. The van der Waals surface area contributed by atoms with Gasteiger partial charge in [0.15, 0.2) is 17.3 Å². The number of piperidine rings is 1. The van der Waals surface area contributed by atoms with Crippen molar-refractivity contribution in [1.29, 1.82) is 0 Å². The van der Waals surface area contributed by atoms with Crippen LogP contribution in [-0.2, 0) is 17.8 Å². The fraction of sp³-hybridized carbons (Fsp3) is 0.296. The Morgan fingerprint density at radius 3 is 2.90 bits per heavy atom. The molecule has 0 radical (unpaired) electrons. The predicted octanol–water partition coefficient (Wildman–Crippen LogP) is 5.67. The molecule has 0 saturated carbocycles. The first kappa shape index (κ1) is 25.5. The second-order valence-corrected chi connectivity index (χ2v) is 11.4. The van der Waals surface area contributed by atoms with E-state index < -0.39 is 5.82 Å². The van der Waals surface area contributed by atoms with Crippen molar-refractivity contribution in [3.8, 4) is 11.3 Å². The summed E-state index contributed by atoms with van der Waals surface area (Å²) in [4.78, 5) is 28.9. The van der Waals surface area contributed by atoms with Gasteiger partial charge in [0.05, 0.1) is 41.6 Å². The van der Waals surface area contributed by atoms with Crippen molar-refractivity contribution in [2.45, 2.75) is 39.2 Å². The highest BCUT2D eigenvalue weighted by Gasteiger charge is 2.17. The van der Waals surface area contributed by atoms with Crippen molar-refractivity contribution in [3.63, 3.8) is 0 Å². The minimum Gasteiger partial charge on any atom is -0.328 e. The van der Waals surface area contributed by atoms with Crippen LogP contribution in [0.15, 0.2) is 48.4 Å². The lowest BCUT2D eigenvalue weighted by Crippen LogP contribution is -2.29. The summed E-state index contributed by atoms with van der Waals surface area (Å²) in [6.45, 7) is 5.09. The predicted molar refractivity (Wildman–Crippen MR) is 152 cm³/mol. The molecule has 0 spiro atoms. The summed E-state index contributed by atoms with van der Waals surface area (Å²) < 4.78 is 20.5. The fourth-order valence-electron chi connectivity index (χ4n) is 4.75. The Labute approximate surface area is 232 Å². The number of nitrogens with one attached hydrogen (secondary N) is 2. The molecule has 0 atom stereocenters. The summed E-state index contributed by atoms with van der Waals surface area (Å²) in [6, 6.07) is 5.50. The first-order valence-corrected chi connectivity index (χ1v) is 14.4. The number of amides is 1. The molecule has 1 aliphatic heterocycles. The van der Waals surface area contributed by atoms with E-state index in [1.54, 1.807) is 0 Å². The summed E-state index contributed by atoms with van der Waals surface area (Å²) in [6.07, 6.45) is 10.3. The molecule has 0 aromatic carbocycles. The second kappa shape index (κ2) is 11.2. The molecule has 39 heavy (non-hydrogen) atoms. The fourth-order valence-corrected chi connectivity index (χ4v) is 6.29. The van der Waals surface area contributed by atoms with Gasteiger partial charge < -0.3 is 10.6 Å². The van der Waals surface area contributed by atoms with Crippen LogP contribution in [-0.4, -0.2) is 47.6 Å². The van der Waals surface area contributed by atoms with Gasteiger partial charge in [-0.3, -0.25) is 19.1 Å². The van der Waals surface area contributed by atoms with Crippen LogP contribution in [0, 0.1) is 12.7 Å². The Kier molecular flexibility index (Phi) is 7.31. The van der Waals surface area contributed by atoms with Crippen molar-refractivity contribution in [2.75, 3.05) is 23.7 Å². The van der Waals surface area contributed by atoms with Gasteiger partial charge in [-0.05, 0) is 62.6 Å². The van der Waals surface area contributed by atoms with Crippen molar-refractivity contribution >= 4 is 50.9 Å². The van der Waals surface area contributed by atoms with E-state index in [0.717, 1.165) is 58.4 Å². The zero-order chi connectivity index (χ0) is 26.8. The highest BCUT2D eigenvalue weighted by atomic mass is 32.1. The highest BCUT2D eigenvalue weighted by Crippen LogP contribution is 2.31.